The summed E-state index contributed by atoms with van der Waals surface area (Å²) in [5.74, 6) is 1.25. The lowest BCUT2D eigenvalue weighted by molar-refractivity contribution is 0.182. The lowest BCUT2D eigenvalue weighted by Gasteiger charge is -2.31. The van der Waals surface area contributed by atoms with E-state index in [9.17, 15) is 4.79 Å². The average Bonchev–Trinajstić information content (AvgIpc) is 3.36. The van der Waals surface area contributed by atoms with Crippen molar-refractivity contribution in [2.24, 2.45) is 5.92 Å². The van der Waals surface area contributed by atoms with Gasteiger partial charge in [0.25, 0.3) is 0 Å². The van der Waals surface area contributed by atoms with Gasteiger partial charge >= 0.3 is 6.03 Å². The SMILES string of the molecule is O=C(Nc1nnc(C2CC2)s1)N1CCC(Cc2ccccc2)CC1. The summed E-state index contributed by atoms with van der Waals surface area (Å²) >= 11 is 1.52. The van der Waals surface area contributed by atoms with Crippen LogP contribution in [0, 0.1) is 5.92 Å². The van der Waals surface area contributed by atoms with Gasteiger partial charge in [0, 0.05) is 19.0 Å². The normalized spacial score (nSPS) is 18.6. The maximum atomic E-state index is 12.4. The molecule has 126 valence electrons. The van der Waals surface area contributed by atoms with Gasteiger partial charge in [-0.25, -0.2) is 4.79 Å². The molecule has 1 aromatic heterocycles. The van der Waals surface area contributed by atoms with E-state index in [4.69, 9.17) is 0 Å². The molecule has 5 nitrogen and oxygen atoms in total. The van der Waals surface area contributed by atoms with Crippen LogP contribution in [0.15, 0.2) is 30.3 Å². The second-order valence-electron chi connectivity index (χ2n) is 6.77. The molecule has 0 bridgehead atoms. The number of nitrogens with one attached hydrogen (secondary N) is 1. The quantitative estimate of drug-likeness (QED) is 0.917. The predicted molar refractivity (Wildman–Crippen MR) is 95.3 cm³/mol. The van der Waals surface area contributed by atoms with Crippen molar-refractivity contribution in [2.45, 2.75) is 38.0 Å². The highest BCUT2D eigenvalue weighted by Crippen LogP contribution is 2.42. The van der Waals surface area contributed by atoms with Gasteiger partial charge in [-0.3, -0.25) is 5.32 Å². The van der Waals surface area contributed by atoms with Crippen LogP contribution in [0.3, 0.4) is 0 Å². The Kier molecular flexibility index (Phi) is 4.47. The first-order valence-electron chi connectivity index (χ1n) is 8.71. The van der Waals surface area contributed by atoms with Crippen molar-refractivity contribution in [1.29, 1.82) is 0 Å². The number of aromatic nitrogens is 2. The molecule has 1 aliphatic heterocycles. The van der Waals surface area contributed by atoms with Crippen molar-refractivity contribution in [3.05, 3.63) is 40.9 Å². The Morgan fingerprint density at radius 3 is 2.58 bits per heavy atom. The fourth-order valence-electron chi connectivity index (χ4n) is 3.24. The molecule has 0 atom stereocenters. The molecule has 2 aliphatic rings. The van der Waals surface area contributed by atoms with Gasteiger partial charge in [0.15, 0.2) is 0 Å². The second kappa shape index (κ2) is 6.89. The van der Waals surface area contributed by atoms with Crippen LogP contribution >= 0.6 is 11.3 Å². The van der Waals surface area contributed by atoms with Crippen LogP contribution in [0.25, 0.3) is 0 Å². The van der Waals surface area contributed by atoms with Crippen LogP contribution in [0.1, 0.15) is 42.2 Å². The number of carbonyl (C=O) groups excluding carboxylic acids is 1. The number of hydrogen-bond acceptors (Lipinski definition) is 4. The topological polar surface area (TPSA) is 58.1 Å². The molecule has 0 radical (unpaired) electrons. The Labute approximate surface area is 146 Å². The van der Waals surface area contributed by atoms with Crippen molar-refractivity contribution < 1.29 is 4.79 Å². The van der Waals surface area contributed by atoms with Gasteiger partial charge in [-0.05, 0) is 43.6 Å². The summed E-state index contributed by atoms with van der Waals surface area (Å²) in [6.45, 7) is 1.63. The van der Waals surface area contributed by atoms with Crippen molar-refractivity contribution in [3.8, 4) is 0 Å². The van der Waals surface area contributed by atoms with Crippen molar-refractivity contribution in [3.63, 3.8) is 0 Å². The summed E-state index contributed by atoms with van der Waals surface area (Å²) in [6.07, 6.45) is 5.64. The van der Waals surface area contributed by atoms with Gasteiger partial charge < -0.3 is 4.90 Å². The Morgan fingerprint density at radius 1 is 1.12 bits per heavy atom. The summed E-state index contributed by atoms with van der Waals surface area (Å²) in [5, 5.41) is 12.9. The highest BCUT2D eigenvalue weighted by Gasteiger charge is 2.28. The van der Waals surface area contributed by atoms with Gasteiger partial charge in [-0.1, -0.05) is 41.7 Å². The van der Waals surface area contributed by atoms with E-state index in [2.05, 4.69) is 45.8 Å². The third-order valence-electron chi connectivity index (χ3n) is 4.85. The standard InChI is InChI=1S/C18H22N4OS/c23-18(19-17-21-20-16(24-17)15-6-7-15)22-10-8-14(9-11-22)12-13-4-2-1-3-5-13/h1-5,14-15H,6-12H2,(H,19,21,23). The maximum absolute atomic E-state index is 12.4. The smallest absolute Gasteiger partial charge is 0.323 e. The van der Waals surface area contributed by atoms with Crippen molar-refractivity contribution in [2.75, 3.05) is 18.4 Å². The summed E-state index contributed by atoms with van der Waals surface area (Å²) in [7, 11) is 0. The number of anilines is 1. The lowest BCUT2D eigenvalue weighted by atomic mass is 9.90. The molecule has 6 heteroatoms. The van der Waals surface area contributed by atoms with Gasteiger partial charge in [0.2, 0.25) is 5.13 Å². The summed E-state index contributed by atoms with van der Waals surface area (Å²) in [4.78, 5) is 14.3. The lowest BCUT2D eigenvalue weighted by Crippen LogP contribution is -2.41. The molecule has 2 aromatic rings. The number of benzene rings is 1. The molecule has 1 saturated carbocycles. The Balaban J connectivity index is 1.26. The average molecular weight is 342 g/mol. The minimum atomic E-state index is -0.0355. The minimum Gasteiger partial charge on any atom is -0.324 e. The van der Waals surface area contributed by atoms with E-state index in [1.807, 2.05) is 4.90 Å². The second-order valence-corrected chi connectivity index (χ2v) is 7.78. The minimum absolute atomic E-state index is 0.0355. The fourth-order valence-corrected chi connectivity index (χ4v) is 4.14. The highest BCUT2D eigenvalue weighted by atomic mass is 32.1. The number of rotatable bonds is 4. The van der Waals surface area contributed by atoms with Crippen LogP contribution in [-0.2, 0) is 6.42 Å². The van der Waals surface area contributed by atoms with Crippen LogP contribution in [0.4, 0.5) is 9.93 Å². The predicted octanol–water partition coefficient (Wildman–Crippen LogP) is 3.90. The number of amides is 2. The Hall–Kier alpha value is -1.95. The molecule has 1 aromatic carbocycles. The zero-order valence-electron chi connectivity index (χ0n) is 13.6. The first-order valence-corrected chi connectivity index (χ1v) is 9.53. The number of likely N-dealkylation sites (tertiary alicyclic amines) is 1. The van der Waals surface area contributed by atoms with Crippen LogP contribution in [0.5, 0.6) is 0 Å². The molecule has 2 heterocycles. The molecule has 0 spiro atoms. The third-order valence-corrected chi connectivity index (χ3v) is 5.85. The van der Waals surface area contributed by atoms with Crippen molar-refractivity contribution in [1.82, 2.24) is 15.1 Å². The first kappa shape index (κ1) is 15.6. The van der Waals surface area contributed by atoms with Gasteiger partial charge in [-0.15, -0.1) is 10.2 Å². The van der Waals surface area contributed by atoms with Crippen molar-refractivity contribution >= 4 is 22.5 Å². The molecule has 4 rings (SSSR count). The largest absolute Gasteiger partial charge is 0.324 e. The zero-order chi connectivity index (χ0) is 16.4. The number of piperidine rings is 1. The molecule has 24 heavy (non-hydrogen) atoms. The number of hydrogen-bond donors (Lipinski definition) is 1. The Bertz CT molecular complexity index is 690. The number of nitrogens with zero attached hydrogens (tertiary/aromatic N) is 3. The van der Waals surface area contributed by atoms with E-state index in [-0.39, 0.29) is 6.03 Å². The monoisotopic (exact) mass is 342 g/mol. The van der Waals surface area contributed by atoms with Gasteiger partial charge in [0.05, 0.1) is 0 Å². The molecular formula is C18H22N4OS. The fraction of sp³-hybridized carbons (Fsp3) is 0.500. The zero-order valence-corrected chi connectivity index (χ0v) is 14.5. The highest BCUT2D eigenvalue weighted by molar-refractivity contribution is 7.15. The molecule has 2 amide bonds. The molecule has 1 aliphatic carbocycles. The van der Waals surface area contributed by atoms with E-state index in [1.54, 1.807) is 0 Å². The summed E-state index contributed by atoms with van der Waals surface area (Å²) in [6, 6.07) is 10.6. The van der Waals surface area contributed by atoms with Crippen LogP contribution in [-0.4, -0.2) is 34.2 Å². The van der Waals surface area contributed by atoms with Crippen LogP contribution in [0.2, 0.25) is 0 Å². The Morgan fingerprint density at radius 2 is 1.88 bits per heavy atom. The van der Waals surface area contributed by atoms with E-state index in [1.165, 1.54) is 29.7 Å². The van der Waals surface area contributed by atoms with E-state index in [0.717, 1.165) is 37.4 Å². The summed E-state index contributed by atoms with van der Waals surface area (Å²) in [5.41, 5.74) is 1.39. The van der Waals surface area contributed by atoms with E-state index >= 15 is 0 Å². The molecule has 2 fully saturated rings. The molecular weight excluding hydrogens is 320 g/mol. The third kappa shape index (κ3) is 3.75. The van der Waals surface area contributed by atoms with E-state index < -0.39 is 0 Å². The van der Waals surface area contributed by atoms with Crippen LogP contribution < -0.4 is 5.32 Å². The number of urea groups is 1. The molecule has 0 unspecified atom stereocenters. The summed E-state index contributed by atoms with van der Waals surface area (Å²) < 4.78 is 0. The van der Waals surface area contributed by atoms with Gasteiger partial charge in [0.1, 0.15) is 5.01 Å². The first-order chi connectivity index (χ1) is 11.8. The molecule has 1 saturated heterocycles. The van der Waals surface area contributed by atoms with Gasteiger partial charge in [-0.2, -0.15) is 0 Å². The van der Waals surface area contributed by atoms with E-state index in [0.29, 0.717) is 17.0 Å². The maximum Gasteiger partial charge on any atom is 0.323 e. The molecule has 1 N–H and O–H groups in total. The number of carbonyl (C=O) groups is 1.